The zero-order valence-corrected chi connectivity index (χ0v) is 11.5. The number of rotatable bonds is 2. The van der Waals surface area contributed by atoms with Crippen molar-refractivity contribution in [3.8, 4) is 0 Å². The van der Waals surface area contributed by atoms with Gasteiger partial charge in [0.05, 0.1) is 11.9 Å². The Balaban J connectivity index is 2.12. The first kappa shape index (κ1) is 12.4. The van der Waals surface area contributed by atoms with Gasteiger partial charge in [0.15, 0.2) is 5.03 Å². The fourth-order valence-electron chi connectivity index (χ4n) is 1.97. The van der Waals surface area contributed by atoms with Crippen LogP contribution in [0.1, 0.15) is 0 Å². The second-order valence-electron chi connectivity index (χ2n) is 4.07. The molecule has 0 unspecified atom stereocenters. The molecule has 1 aromatic heterocycles. The number of fused-ring (bicyclic) bond motifs is 1. The number of hydrogen-bond donors (Lipinski definition) is 2. The Morgan fingerprint density at radius 2 is 2.21 bits per heavy atom. The molecule has 1 aromatic carbocycles. The van der Waals surface area contributed by atoms with E-state index in [1.807, 2.05) is 6.07 Å². The summed E-state index contributed by atoms with van der Waals surface area (Å²) in [5.74, 6) is 0.713. The van der Waals surface area contributed by atoms with Crippen molar-refractivity contribution in [3.63, 3.8) is 0 Å². The molecular formula is C11H12N4O2S2. The van der Waals surface area contributed by atoms with E-state index in [9.17, 15) is 8.42 Å². The number of aromatic nitrogens is 2. The average Bonchev–Trinajstić information content (AvgIpc) is 2.92. The molecule has 3 N–H and O–H groups in total. The van der Waals surface area contributed by atoms with Gasteiger partial charge in [-0.2, -0.15) is 13.5 Å². The molecule has 6 nitrogen and oxygen atoms in total. The van der Waals surface area contributed by atoms with E-state index in [2.05, 4.69) is 10.2 Å². The molecule has 1 aliphatic heterocycles. The van der Waals surface area contributed by atoms with Gasteiger partial charge >= 0.3 is 0 Å². The van der Waals surface area contributed by atoms with Crippen molar-refractivity contribution in [3.05, 3.63) is 30.5 Å². The molecule has 0 fully saturated rings. The Labute approximate surface area is 115 Å². The number of nitrogen functional groups attached to an aromatic ring is 1. The SMILES string of the molecule is Nc1ccc2c(c1)N(S(=O)(=O)c1ccn[nH]1)CCS2. The summed E-state index contributed by atoms with van der Waals surface area (Å²) in [5.41, 5.74) is 6.93. The van der Waals surface area contributed by atoms with Crippen LogP contribution in [0.4, 0.5) is 11.4 Å². The molecule has 8 heteroatoms. The van der Waals surface area contributed by atoms with Crippen LogP contribution < -0.4 is 10.0 Å². The number of benzene rings is 1. The van der Waals surface area contributed by atoms with Gasteiger partial charge < -0.3 is 5.73 Å². The monoisotopic (exact) mass is 296 g/mol. The molecule has 0 radical (unpaired) electrons. The lowest BCUT2D eigenvalue weighted by Gasteiger charge is -2.29. The van der Waals surface area contributed by atoms with Crippen LogP contribution in [0, 0.1) is 0 Å². The first-order chi connectivity index (χ1) is 9.09. The summed E-state index contributed by atoms with van der Waals surface area (Å²) >= 11 is 1.63. The van der Waals surface area contributed by atoms with E-state index < -0.39 is 10.0 Å². The van der Waals surface area contributed by atoms with Gasteiger partial charge in [-0.15, -0.1) is 11.8 Å². The standard InChI is InChI=1S/C11H12N4O2S2/c12-8-1-2-10-9(7-8)15(5-6-18-10)19(16,17)11-3-4-13-14-11/h1-4,7H,5-6,12H2,(H,13,14). The summed E-state index contributed by atoms with van der Waals surface area (Å²) in [5, 5.41) is 6.29. The molecule has 1 aliphatic rings. The van der Waals surface area contributed by atoms with Crippen LogP contribution in [0.25, 0.3) is 0 Å². The highest BCUT2D eigenvalue weighted by Crippen LogP contribution is 2.38. The molecular weight excluding hydrogens is 284 g/mol. The van der Waals surface area contributed by atoms with Gasteiger partial charge in [-0.3, -0.25) is 9.40 Å². The Morgan fingerprint density at radius 1 is 1.37 bits per heavy atom. The number of H-pyrrole nitrogens is 1. The van der Waals surface area contributed by atoms with Crippen molar-refractivity contribution < 1.29 is 8.42 Å². The highest BCUT2D eigenvalue weighted by atomic mass is 32.2. The van der Waals surface area contributed by atoms with E-state index in [0.29, 0.717) is 23.7 Å². The van der Waals surface area contributed by atoms with E-state index in [1.165, 1.54) is 16.6 Å². The van der Waals surface area contributed by atoms with Gasteiger partial charge in [-0.1, -0.05) is 0 Å². The minimum Gasteiger partial charge on any atom is -0.399 e. The molecule has 0 amide bonds. The molecule has 100 valence electrons. The first-order valence-electron chi connectivity index (χ1n) is 5.63. The predicted molar refractivity (Wildman–Crippen MR) is 74.7 cm³/mol. The van der Waals surface area contributed by atoms with Gasteiger partial charge in [-0.25, -0.2) is 0 Å². The van der Waals surface area contributed by atoms with Crippen LogP contribution >= 0.6 is 11.8 Å². The lowest BCUT2D eigenvalue weighted by Crippen LogP contribution is -2.35. The molecule has 0 spiro atoms. The maximum atomic E-state index is 12.5. The number of nitrogens with zero attached hydrogens (tertiary/aromatic N) is 2. The van der Waals surface area contributed by atoms with Crippen molar-refractivity contribution in [1.82, 2.24) is 10.2 Å². The molecule has 0 saturated heterocycles. The van der Waals surface area contributed by atoms with Gasteiger partial charge in [0, 0.05) is 22.9 Å². The Hall–Kier alpha value is -1.67. The van der Waals surface area contributed by atoms with E-state index in [1.54, 1.807) is 23.9 Å². The van der Waals surface area contributed by atoms with Gasteiger partial charge in [0.25, 0.3) is 10.0 Å². The van der Waals surface area contributed by atoms with Crippen molar-refractivity contribution in [2.75, 3.05) is 22.3 Å². The van der Waals surface area contributed by atoms with E-state index in [-0.39, 0.29) is 5.03 Å². The van der Waals surface area contributed by atoms with Crippen molar-refractivity contribution in [1.29, 1.82) is 0 Å². The number of thioether (sulfide) groups is 1. The normalized spacial score (nSPS) is 15.3. The molecule has 2 aromatic rings. The number of nitrogens with one attached hydrogen (secondary N) is 1. The number of anilines is 2. The second-order valence-corrected chi connectivity index (χ2v) is 7.04. The topological polar surface area (TPSA) is 92.1 Å². The molecule has 0 bridgehead atoms. The molecule has 0 saturated carbocycles. The summed E-state index contributed by atoms with van der Waals surface area (Å²) < 4.78 is 26.4. The summed E-state index contributed by atoms with van der Waals surface area (Å²) in [4.78, 5) is 0.920. The molecule has 0 aliphatic carbocycles. The van der Waals surface area contributed by atoms with E-state index in [0.717, 1.165) is 4.90 Å². The quantitative estimate of drug-likeness (QED) is 0.815. The van der Waals surface area contributed by atoms with Crippen molar-refractivity contribution in [2.24, 2.45) is 0 Å². The predicted octanol–water partition coefficient (Wildman–Crippen LogP) is 1.29. The van der Waals surface area contributed by atoms with Gasteiger partial charge in [0.2, 0.25) is 0 Å². The molecule has 19 heavy (non-hydrogen) atoms. The van der Waals surface area contributed by atoms with Crippen LogP contribution in [-0.4, -0.2) is 30.9 Å². The minimum atomic E-state index is -3.60. The highest BCUT2D eigenvalue weighted by molar-refractivity contribution is 8.00. The molecule has 2 heterocycles. The van der Waals surface area contributed by atoms with Gasteiger partial charge in [0.1, 0.15) is 0 Å². The second kappa shape index (κ2) is 4.46. The third kappa shape index (κ3) is 2.06. The van der Waals surface area contributed by atoms with Crippen molar-refractivity contribution in [2.45, 2.75) is 9.92 Å². The number of aromatic amines is 1. The van der Waals surface area contributed by atoms with Crippen molar-refractivity contribution >= 4 is 33.2 Å². The largest absolute Gasteiger partial charge is 0.399 e. The number of hydrogen-bond acceptors (Lipinski definition) is 5. The van der Waals surface area contributed by atoms with Crippen LogP contribution in [0.5, 0.6) is 0 Å². The zero-order chi connectivity index (χ0) is 13.5. The Kier molecular flexibility index (Phi) is 2.90. The van der Waals surface area contributed by atoms with Crippen LogP contribution in [0.3, 0.4) is 0 Å². The maximum absolute atomic E-state index is 12.5. The average molecular weight is 296 g/mol. The third-order valence-corrected chi connectivity index (χ3v) is 5.63. The lowest BCUT2D eigenvalue weighted by atomic mass is 10.3. The summed E-state index contributed by atoms with van der Waals surface area (Å²) in [6.07, 6.45) is 1.42. The maximum Gasteiger partial charge on any atom is 0.281 e. The first-order valence-corrected chi connectivity index (χ1v) is 8.06. The Morgan fingerprint density at radius 3 is 2.95 bits per heavy atom. The zero-order valence-electron chi connectivity index (χ0n) is 9.91. The van der Waals surface area contributed by atoms with E-state index in [4.69, 9.17) is 5.73 Å². The fraction of sp³-hybridized carbons (Fsp3) is 0.182. The molecule has 3 rings (SSSR count). The smallest absolute Gasteiger partial charge is 0.281 e. The van der Waals surface area contributed by atoms with Gasteiger partial charge in [-0.05, 0) is 24.3 Å². The third-order valence-electron chi connectivity index (χ3n) is 2.85. The summed E-state index contributed by atoms with van der Waals surface area (Å²) in [6, 6.07) is 6.76. The lowest BCUT2D eigenvalue weighted by molar-refractivity contribution is 0.587. The minimum absolute atomic E-state index is 0.0905. The number of sulfonamides is 1. The Bertz CT molecular complexity index is 697. The fourth-order valence-corrected chi connectivity index (χ4v) is 4.49. The highest BCUT2D eigenvalue weighted by Gasteiger charge is 2.30. The number of nitrogens with two attached hydrogens (primary N) is 1. The molecule has 0 atom stereocenters. The summed E-state index contributed by atoms with van der Waals surface area (Å²) in [6.45, 7) is 0.419. The van der Waals surface area contributed by atoms with Crippen LogP contribution in [0.15, 0.2) is 40.4 Å². The van der Waals surface area contributed by atoms with E-state index >= 15 is 0 Å². The summed E-state index contributed by atoms with van der Waals surface area (Å²) in [7, 11) is -3.60. The van der Waals surface area contributed by atoms with Crippen LogP contribution in [0.2, 0.25) is 0 Å². The van der Waals surface area contributed by atoms with Crippen LogP contribution in [-0.2, 0) is 10.0 Å².